The average Bonchev–Trinajstić information content (AvgIpc) is 3.31. The van der Waals surface area contributed by atoms with Crippen molar-refractivity contribution in [2.75, 3.05) is 23.3 Å². The van der Waals surface area contributed by atoms with Gasteiger partial charge in [-0.3, -0.25) is 14.9 Å². The zero-order valence-electron chi connectivity index (χ0n) is 21.1. The minimum absolute atomic E-state index is 0.0399. The Balaban J connectivity index is 1.26. The van der Waals surface area contributed by atoms with Crippen LogP contribution < -0.4 is 10.2 Å². The standard InChI is InChI=1S/C29H30N4O4/c1-3-20-6-11-27-24(16-20)31-28(37-27)17-21-4-8-23(9-5-21)30-29(34)22-7-10-25(26(18-22)33(35)36)32-14-12-19(2)13-15-32/h4-11,16,18-19H,3,12-15,17H2,1-2H3,(H,30,34). The number of nitrogens with zero attached hydrogens (tertiary/aromatic N) is 3. The fraction of sp³-hybridized carbons (Fsp3) is 0.310. The second-order valence-electron chi connectivity index (χ2n) is 9.72. The van der Waals surface area contributed by atoms with Crippen molar-refractivity contribution in [1.29, 1.82) is 0 Å². The highest BCUT2D eigenvalue weighted by Crippen LogP contribution is 2.32. The number of nitro groups is 1. The van der Waals surface area contributed by atoms with Crippen LogP contribution in [0.15, 0.2) is 65.1 Å². The number of anilines is 2. The number of nitro benzene ring substituents is 1. The van der Waals surface area contributed by atoms with Gasteiger partial charge in [-0.1, -0.05) is 32.0 Å². The topological polar surface area (TPSA) is 102 Å². The predicted molar refractivity (Wildman–Crippen MR) is 144 cm³/mol. The molecule has 1 N–H and O–H groups in total. The van der Waals surface area contributed by atoms with Crippen molar-refractivity contribution in [2.24, 2.45) is 5.92 Å². The summed E-state index contributed by atoms with van der Waals surface area (Å²) in [6.45, 7) is 5.87. The van der Waals surface area contributed by atoms with Crippen molar-refractivity contribution in [3.05, 3.63) is 93.4 Å². The number of rotatable bonds is 7. The fourth-order valence-electron chi connectivity index (χ4n) is 4.73. The number of aromatic nitrogens is 1. The molecule has 8 heteroatoms. The summed E-state index contributed by atoms with van der Waals surface area (Å²) < 4.78 is 5.87. The van der Waals surface area contributed by atoms with E-state index in [1.807, 2.05) is 47.4 Å². The van der Waals surface area contributed by atoms with Crippen LogP contribution in [0.2, 0.25) is 0 Å². The van der Waals surface area contributed by atoms with Crippen LogP contribution >= 0.6 is 0 Å². The highest BCUT2D eigenvalue weighted by Gasteiger charge is 2.25. The molecule has 0 unspecified atom stereocenters. The number of carbonyl (C=O) groups is 1. The largest absolute Gasteiger partial charge is 0.440 e. The van der Waals surface area contributed by atoms with Crippen LogP contribution in [-0.2, 0) is 12.8 Å². The summed E-state index contributed by atoms with van der Waals surface area (Å²) in [5, 5.41) is 14.6. The maximum atomic E-state index is 12.9. The zero-order chi connectivity index (χ0) is 25.9. The molecular formula is C29H30N4O4. The van der Waals surface area contributed by atoms with E-state index in [4.69, 9.17) is 4.42 Å². The van der Waals surface area contributed by atoms with Gasteiger partial charge >= 0.3 is 0 Å². The summed E-state index contributed by atoms with van der Waals surface area (Å²) in [6, 6.07) is 18.2. The van der Waals surface area contributed by atoms with Crippen LogP contribution in [-0.4, -0.2) is 28.9 Å². The number of piperidine rings is 1. The Morgan fingerprint density at radius 2 is 1.81 bits per heavy atom. The minimum atomic E-state index is -0.409. The summed E-state index contributed by atoms with van der Waals surface area (Å²) in [5.74, 6) is 0.867. The molecule has 190 valence electrons. The highest BCUT2D eigenvalue weighted by molar-refractivity contribution is 6.05. The van der Waals surface area contributed by atoms with Crippen LogP contribution in [0.5, 0.6) is 0 Å². The molecule has 0 atom stereocenters. The van der Waals surface area contributed by atoms with Crippen LogP contribution in [0.4, 0.5) is 17.1 Å². The van der Waals surface area contributed by atoms with Gasteiger partial charge in [-0.05, 0) is 72.7 Å². The molecule has 1 aromatic heterocycles. The summed E-state index contributed by atoms with van der Waals surface area (Å²) in [7, 11) is 0. The molecule has 1 aliphatic heterocycles. The number of nitrogens with one attached hydrogen (secondary N) is 1. The van der Waals surface area contributed by atoms with E-state index < -0.39 is 4.92 Å². The molecule has 8 nitrogen and oxygen atoms in total. The third kappa shape index (κ3) is 5.48. The van der Waals surface area contributed by atoms with Crippen molar-refractivity contribution in [1.82, 2.24) is 4.98 Å². The van der Waals surface area contributed by atoms with E-state index in [1.165, 1.54) is 11.6 Å². The summed E-state index contributed by atoms with van der Waals surface area (Å²) >= 11 is 0. The van der Waals surface area contributed by atoms with Crippen LogP contribution in [0.1, 0.15) is 54.1 Å². The van der Waals surface area contributed by atoms with Crippen molar-refractivity contribution in [3.8, 4) is 0 Å². The van der Waals surface area contributed by atoms with Gasteiger partial charge in [0.2, 0.25) is 0 Å². The van der Waals surface area contributed by atoms with E-state index in [9.17, 15) is 14.9 Å². The van der Waals surface area contributed by atoms with Gasteiger partial charge in [0.1, 0.15) is 11.2 Å². The van der Waals surface area contributed by atoms with Gasteiger partial charge in [0, 0.05) is 36.8 Å². The van der Waals surface area contributed by atoms with Crippen LogP contribution in [0.25, 0.3) is 11.1 Å². The first-order valence-corrected chi connectivity index (χ1v) is 12.7. The summed E-state index contributed by atoms with van der Waals surface area (Å²) in [6.07, 6.45) is 3.48. The van der Waals surface area contributed by atoms with Crippen molar-refractivity contribution in [2.45, 2.75) is 39.5 Å². The van der Waals surface area contributed by atoms with E-state index in [0.717, 1.165) is 49.0 Å². The number of amides is 1. The molecule has 4 aromatic rings. The number of carbonyl (C=O) groups excluding carboxylic acids is 1. The number of benzene rings is 3. The number of fused-ring (bicyclic) bond motifs is 1. The smallest absolute Gasteiger partial charge is 0.293 e. The maximum Gasteiger partial charge on any atom is 0.293 e. The number of hydrogen-bond donors (Lipinski definition) is 1. The molecule has 0 spiro atoms. The van der Waals surface area contributed by atoms with Gasteiger partial charge in [0.15, 0.2) is 11.5 Å². The highest BCUT2D eigenvalue weighted by atomic mass is 16.6. The first-order valence-electron chi connectivity index (χ1n) is 12.7. The van der Waals surface area contributed by atoms with Crippen LogP contribution in [0, 0.1) is 16.0 Å². The normalized spacial score (nSPS) is 14.2. The molecule has 0 aliphatic carbocycles. The van der Waals surface area contributed by atoms with Crippen molar-refractivity contribution >= 4 is 34.1 Å². The fourth-order valence-corrected chi connectivity index (χ4v) is 4.73. The molecule has 1 amide bonds. The average molecular weight is 499 g/mol. The van der Waals surface area contributed by atoms with E-state index in [0.29, 0.717) is 29.6 Å². The Morgan fingerprint density at radius 3 is 2.51 bits per heavy atom. The molecule has 2 heterocycles. The molecule has 3 aromatic carbocycles. The minimum Gasteiger partial charge on any atom is -0.440 e. The van der Waals surface area contributed by atoms with Gasteiger partial charge in [0.25, 0.3) is 11.6 Å². The maximum absolute atomic E-state index is 12.9. The Bertz CT molecular complexity index is 1440. The van der Waals surface area contributed by atoms with Gasteiger partial charge in [-0.25, -0.2) is 4.98 Å². The quantitative estimate of drug-likeness (QED) is 0.234. The number of oxazole rings is 1. The zero-order valence-corrected chi connectivity index (χ0v) is 21.1. The third-order valence-corrected chi connectivity index (χ3v) is 7.03. The molecule has 0 saturated carbocycles. The molecular weight excluding hydrogens is 468 g/mol. The SMILES string of the molecule is CCc1ccc2oc(Cc3ccc(NC(=O)c4ccc(N5CCC(C)CC5)c([N+](=O)[O-])c4)cc3)nc2c1. The van der Waals surface area contributed by atoms with E-state index >= 15 is 0 Å². The van der Waals surface area contributed by atoms with Gasteiger partial charge in [-0.2, -0.15) is 0 Å². The summed E-state index contributed by atoms with van der Waals surface area (Å²) in [5.41, 5.74) is 5.23. The Hall–Kier alpha value is -4.20. The lowest BCUT2D eigenvalue weighted by Crippen LogP contribution is -2.33. The molecule has 37 heavy (non-hydrogen) atoms. The lowest BCUT2D eigenvalue weighted by molar-refractivity contribution is -0.384. The van der Waals surface area contributed by atoms with Gasteiger partial charge in [-0.15, -0.1) is 0 Å². The number of hydrogen-bond acceptors (Lipinski definition) is 6. The second-order valence-corrected chi connectivity index (χ2v) is 9.72. The van der Waals surface area contributed by atoms with Crippen molar-refractivity contribution < 1.29 is 14.1 Å². The van der Waals surface area contributed by atoms with Gasteiger partial charge in [0.05, 0.1) is 4.92 Å². The van der Waals surface area contributed by atoms with Crippen molar-refractivity contribution in [3.63, 3.8) is 0 Å². The number of aryl methyl sites for hydroxylation is 1. The molecule has 5 rings (SSSR count). The van der Waals surface area contributed by atoms with E-state index in [1.54, 1.807) is 12.1 Å². The molecule has 0 radical (unpaired) electrons. The molecule has 1 saturated heterocycles. The van der Waals surface area contributed by atoms with E-state index in [2.05, 4.69) is 24.1 Å². The van der Waals surface area contributed by atoms with E-state index in [-0.39, 0.29) is 17.2 Å². The first kappa shape index (κ1) is 24.5. The Labute approximate surface area is 215 Å². The Morgan fingerprint density at radius 1 is 1.08 bits per heavy atom. The molecule has 1 fully saturated rings. The predicted octanol–water partition coefficient (Wildman–Crippen LogP) is 6.38. The lowest BCUT2D eigenvalue weighted by Gasteiger charge is -2.31. The lowest BCUT2D eigenvalue weighted by atomic mass is 9.98. The Kier molecular flexibility index (Phi) is 6.90. The van der Waals surface area contributed by atoms with Gasteiger partial charge < -0.3 is 14.6 Å². The first-order chi connectivity index (χ1) is 17.9. The van der Waals surface area contributed by atoms with Crippen LogP contribution in [0.3, 0.4) is 0 Å². The monoisotopic (exact) mass is 498 g/mol. The molecule has 0 bridgehead atoms. The third-order valence-electron chi connectivity index (χ3n) is 7.03. The molecule has 1 aliphatic rings. The second kappa shape index (κ2) is 10.4. The summed E-state index contributed by atoms with van der Waals surface area (Å²) in [4.78, 5) is 30.9.